The molecule has 2 aliphatic rings. The van der Waals surface area contributed by atoms with Crippen LogP contribution in [0.5, 0.6) is 0 Å². The predicted molar refractivity (Wildman–Crippen MR) is 77.8 cm³/mol. The van der Waals surface area contributed by atoms with Crippen molar-refractivity contribution in [2.45, 2.75) is 58.7 Å². The molecule has 2 fully saturated rings. The van der Waals surface area contributed by atoms with E-state index in [0.29, 0.717) is 11.8 Å². The van der Waals surface area contributed by atoms with E-state index in [9.17, 15) is 4.79 Å². The highest BCUT2D eigenvalue weighted by molar-refractivity contribution is 5.84. The van der Waals surface area contributed by atoms with Crippen molar-refractivity contribution in [2.75, 3.05) is 26.2 Å². The molecule has 4 heteroatoms. The molecule has 3 unspecified atom stereocenters. The molecule has 0 bridgehead atoms. The van der Waals surface area contributed by atoms with Crippen LogP contribution in [0.3, 0.4) is 0 Å². The highest BCUT2D eigenvalue weighted by atomic mass is 16.2. The smallest absolute Gasteiger partial charge is 0.241 e. The van der Waals surface area contributed by atoms with E-state index in [1.54, 1.807) is 0 Å². The fourth-order valence-electron chi connectivity index (χ4n) is 3.20. The fourth-order valence-corrected chi connectivity index (χ4v) is 3.20. The van der Waals surface area contributed by atoms with Gasteiger partial charge < -0.3 is 9.80 Å². The van der Waals surface area contributed by atoms with E-state index in [2.05, 4.69) is 35.9 Å². The van der Waals surface area contributed by atoms with Gasteiger partial charge in [0.25, 0.3) is 0 Å². The molecule has 0 aromatic heterocycles. The molecule has 0 aromatic carbocycles. The van der Waals surface area contributed by atoms with Crippen LogP contribution in [0.15, 0.2) is 0 Å². The summed E-state index contributed by atoms with van der Waals surface area (Å²) in [5, 5.41) is 3.52. The van der Waals surface area contributed by atoms with Gasteiger partial charge in [-0.25, -0.2) is 0 Å². The third-order valence-electron chi connectivity index (χ3n) is 4.75. The Morgan fingerprint density at radius 1 is 1.26 bits per heavy atom. The first kappa shape index (κ1) is 14.8. The molecule has 2 saturated heterocycles. The van der Waals surface area contributed by atoms with Crippen molar-refractivity contribution in [1.82, 2.24) is 15.1 Å². The Hall–Kier alpha value is -0.610. The lowest BCUT2D eigenvalue weighted by molar-refractivity contribution is -0.131. The van der Waals surface area contributed by atoms with Gasteiger partial charge >= 0.3 is 0 Å². The van der Waals surface area contributed by atoms with Gasteiger partial charge in [0.1, 0.15) is 0 Å². The minimum absolute atomic E-state index is 0.0357. The third kappa shape index (κ3) is 3.29. The molecule has 1 amide bonds. The molecule has 2 rings (SSSR count). The largest absolute Gasteiger partial charge is 0.325 e. The lowest BCUT2D eigenvalue weighted by Crippen LogP contribution is -2.41. The van der Waals surface area contributed by atoms with E-state index < -0.39 is 0 Å². The molecule has 1 N–H and O–H groups in total. The summed E-state index contributed by atoms with van der Waals surface area (Å²) >= 11 is 0. The van der Waals surface area contributed by atoms with Crippen LogP contribution in [-0.4, -0.2) is 54.1 Å². The van der Waals surface area contributed by atoms with Crippen molar-refractivity contribution in [1.29, 1.82) is 0 Å². The van der Waals surface area contributed by atoms with E-state index >= 15 is 0 Å². The zero-order valence-electron chi connectivity index (χ0n) is 12.7. The minimum atomic E-state index is 0.0357. The van der Waals surface area contributed by atoms with Crippen molar-refractivity contribution >= 4 is 5.91 Å². The van der Waals surface area contributed by atoms with Gasteiger partial charge in [-0.2, -0.15) is 0 Å². The number of nitrogens with one attached hydrogen (secondary N) is 1. The third-order valence-corrected chi connectivity index (χ3v) is 4.75. The van der Waals surface area contributed by atoms with Gasteiger partial charge in [0, 0.05) is 13.1 Å². The summed E-state index contributed by atoms with van der Waals surface area (Å²) in [6, 6.07) is 0.0357. The minimum Gasteiger partial charge on any atom is -0.325 e. The Kier molecular flexibility index (Phi) is 5.22. The quantitative estimate of drug-likeness (QED) is 0.795. The van der Waals surface area contributed by atoms with Gasteiger partial charge in [0.15, 0.2) is 0 Å². The molecular weight excluding hydrogens is 238 g/mol. The number of carbonyl (C=O) groups excluding carboxylic acids is 1. The Morgan fingerprint density at radius 3 is 2.53 bits per heavy atom. The van der Waals surface area contributed by atoms with Crippen molar-refractivity contribution in [2.24, 2.45) is 5.92 Å². The monoisotopic (exact) mass is 267 g/mol. The first-order chi connectivity index (χ1) is 9.17. The summed E-state index contributed by atoms with van der Waals surface area (Å²) in [5.41, 5.74) is 0. The van der Waals surface area contributed by atoms with E-state index in [1.807, 2.05) is 0 Å². The van der Waals surface area contributed by atoms with Crippen molar-refractivity contribution in [3.05, 3.63) is 0 Å². The van der Waals surface area contributed by atoms with Gasteiger partial charge in [0.05, 0.1) is 12.2 Å². The molecule has 19 heavy (non-hydrogen) atoms. The maximum absolute atomic E-state index is 12.5. The molecule has 0 radical (unpaired) electrons. The molecule has 3 atom stereocenters. The summed E-state index contributed by atoms with van der Waals surface area (Å²) in [6.45, 7) is 10.8. The van der Waals surface area contributed by atoms with Gasteiger partial charge in [-0.15, -0.1) is 0 Å². The summed E-state index contributed by atoms with van der Waals surface area (Å²) in [4.78, 5) is 17.1. The number of hydrogen-bond donors (Lipinski definition) is 1. The first-order valence-corrected chi connectivity index (χ1v) is 7.96. The van der Waals surface area contributed by atoms with Gasteiger partial charge in [-0.05, 0) is 38.3 Å². The second-order valence-corrected chi connectivity index (χ2v) is 6.03. The van der Waals surface area contributed by atoms with E-state index in [1.165, 1.54) is 25.9 Å². The summed E-state index contributed by atoms with van der Waals surface area (Å²) < 4.78 is 0. The maximum Gasteiger partial charge on any atom is 0.241 e. The summed E-state index contributed by atoms with van der Waals surface area (Å²) in [7, 11) is 0. The van der Waals surface area contributed by atoms with Crippen LogP contribution in [0.2, 0.25) is 0 Å². The SMILES string of the molecule is CCC(C)C1NC(CC)N(CCN2CCCC2)C1=O. The molecule has 0 aromatic rings. The molecular formula is C15H29N3O. The van der Waals surface area contributed by atoms with E-state index in [-0.39, 0.29) is 12.2 Å². The first-order valence-electron chi connectivity index (χ1n) is 7.96. The van der Waals surface area contributed by atoms with Crippen LogP contribution in [0, 0.1) is 5.92 Å². The normalized spacial score (nSPS) is 30.3. The topological polar surface area (TPSA) is 35.6 Å². The van der Waals surface area contributed by atoms with Crippen LogP contribution in [0.25, 0.3) is 0 Å². The number of amides is 1. The number of hydrogen-bond acceptors (Lipinski definition) is 3. The number of nitrogens with zero attached hydrogens (tertiary/aromatic N) is 2. The highest BCUT2D eigenvalue weighted by Crippen LogP contribution is 2.21. The van der Waals surface area contributed by atoms with Crippen molar-refractivity contribution < 1.29 is 4.79 Å². The summed E-state index contributed by atoms with van der Waals surface area (Å²) in [6.07, 6.45) is 4.94. The average Bonchev–Trinajstić information content (AvgIpc) is 3.03. The van der Waals surface area contributed by atoms with Crippen LogP contribution < -0.4 is 5.32 Å². The number of rotatable bonds is 6. The molecule has 0 saturated carbocycles. The number of likely N-dealkylation sites (tertiary alicyclic amines) is 1. The molecule has 2 aliphatic heterocycles. The van der Waals surface area contributed by atoms with Crippen LogP contribution in [0.4, 0.5) is 0 Å². The second kappa shape index (κ2) is 6.71. The zero-order valence-corrected chi connectivity index (χ0v) is 12.7. The maximum atomic E-state index is 12.5. The van der Waals surface area contributed by atoms with Crippen molar-refractivity contribution in [3.8, 4) is 0 Å². The number of carbonyl (C=O) groups is 1. The van der Waals surface area contributed by atoms with E-state index in [4.69, 9.17) is 0 Å². The van der Waals surface area contributed by atoms with Crippen molar-refractivity contribution in [3.63, 3.8) is 0 Å². The highest BCUT2D eigenvalue weighted by Gasteiger charge is 2.39. The predicted octanol–water partition coefficient (Wildman–Crippen LogP) is 1.66. The standard InChI is InChI=1S/C15H29N3O/c1-4-12(3)14-15(19)18(13(5-2)16-14)11-10-17-8-6-7-9-17/h12-14,16H,4-11H2,1-3H3. The van der Waals surface area contributed by atoms with E-state index in [0.717, 1.165) is 25.9 Å². The fraction of sp³-hybridized carbons (Fsp3) is 0.933. The Bertz CT molecular complexity index is 302. The zero-order chi connectivity index (χ0) is 13.8. The Labute approximate surface area is 117 Å². The molecule has 110 valence electrons. The molecule has 0 spiro atoms. The lowest BCUT2D eigenvalue weighted by atomic mass is 9.99. The Morgan fingerprint density at radius 2 is 1.95 bits per heavy atom. The van der Waals surface area contributed by atoms with Gasteiger partial charge in [-0.1, -0.05) is 27.2 Å². The van der Waals surface area contributed by atoms with Crippen LogP contribution in [-0.2, 0) is 4.79 Å². The second-order valence-electron chi connectivity index (χ2n) is 6.03. The van der Waals surface area contributed by atoms with Crippen LogP contribution in [0.1, 0.15) is 46.5 Å². The summed E-state index contributed by atoms with van der Waals surface area (Å²) in [5.74, 6) is 0.749. The van der Waals surface area contributed by atoms with Gasteiger partial charge in [0.2, 0.25) is 5.91 Å². The molecule has 0 aliphatic carbocycles. The Balaban J connectivity index is 1.91. The lowest BCUT2D eigenvalue weighted by Gasteiger charge is -2.25. The molecule has 2 heterocycles. The van der Waals surface area contributed by atoms with Crippen LogP contribution >= 0.6 is 0 Å². The average molecular weight is 267 g/mol. The molecule has 4 nitrogen and oxygen atoms in total. The van der Waals surface area contributed by atoms with Gasteiger partial charge in [-0.3, -0.25) is 10.1 Å².